The van der Waals surface area contributed by atoms with Crippen molar-refractivity contribution in [2.75, 3.05) is 6.54 Å². The summed E-state index contributed by atoms with van der Waals surface area (Å²) >= 11 is 12.2. The lowest BCUT2D eigenvalue weighted by Gasteiger charge is -2.06. The normalized spacial score (nSPS) is 10.1. The summed E-state index contributed by atoms with van der Waals surface area (Å²) < 4.78 is 5.05. The first-order valence-corrected chi connectivity index (χ1v) is 6.37. The Balaban J connectivity index is 2.55. The van der Waals surface area contributed by atoms with E-state index in [-0.39, 0.29) is 17.8 Å². The number of carbonyl (C=O) groups is 1. The average molecular weight is 310 g/mol. The van der Waals surface area contributed by atoms with E-state index in [0.717, 1.165) is 0 Å². The van der Waals surface area contributed by atoms with Gasteiger partial charge in [-0.15, -0.1) is 0 Å². The molecule has 0 bridgehead atoms. The van der Waals surface area contributed by atoms with Crippen LogP contribution in [-0.2, 0) is 0 Å². The van der Waals surface area contributed by atoms with Crippen LogP contribution in [0.4, 0.5) is 0 Å². The molecule has 0 radical (unpaired) electrons. The molecule has 0 saturated carbocycles. The molecule has 0 unspecified atom stereocenters. The summed E-state index contributed by atoms with van der Waals surface area (Å²) in [6, 6.07) is 6.80. The van der Waals surface area contributed by atoms with Gasteiger partial charge in [-0.25, -0.2) is 0 Å². The van der Waals surface area contributed by atoms with Crippen LogP contribution < -0.4 is 5.32 Å². The summed E-state index contributed by atoms with van der Waals surface area (Å²) in [7, 11) is 0. The van der Waals surface area contributed by atoms with Crippen molar-refractivity contribution in [3.8, 4) is 17.3 Å². The number of aryl methyl sites for hydroxylation is 1. The monoisotopic (exact) mass is 309 g/mol. The van der Waals surface area contributed by atoms with Crippen LogP contribution in [0.25, 0.3) is 11.3 Å². The van der Waals surface area contributed by atoms with Gasteiger partial charge >= 0.3 is 0 Å². The molecule has 102 valence electrons. The first-order chi connectivity index (χ1) is 9.56. The van der Waals surface area contributed by atoms with E-state index < -0.39 is 5.91 Å². The van der Waals surface area contributed by atoms with Gasteiger partial charge in [-0.05, 0) is 19.1 Å². The van der Waals surface area contributed by atoms with E-state index in [1.165, 1.54) is 0 Å². The Labute approximate surface area is 125 Å². The average Bonchev–Trinajstić information content (AvgIpc) is 2.78. The summed E-state index contributed by atoms with van der Waals surface area (Å²) in [6.07, 6.45) is 0. The van der Waals surface area contributed by atoms with Crippen molar-refractivity contribution in [1.82, 2.24) is 10.5 Å². The van der Waals surface area contributed by atoms with E-state index in [2.05, 4.69) is 10.5 Å². The van der Waals surface area contributed by atoms with Gasteiger partial charge in [-0.2, -0.15) is 5.26 Å². The number of hydrogen-bond donors (Lipinski definition) is 1. The lowest BCUT2D eigenvalue weighted by molar-refractivity contribution is 0.0957. The zero-order valence-corrected chi connectivity index (χ0v) is 11.9. The Hall–Kier alpha value is -2.03. The molecule has 20 heavy (non-hydrogen) atoms. The maximum absolute atomic E-state index is 12.1. The highest BCUT2D eigenvalue weighted by Gasteiger charge is 2.24. The van der Waals surface area contributed by atoms with E-state index in [9.17, 15) is 4.79 Å². The molecule has 0 atom stereocenters. The highest BCUT2D eigenvalue weighted by Crippen LogP contribution is 2.36. The second-order valence-electron chi connectivity index (χ2n) is 3.90. The number of aromatic nitrogens is 1. The predicted molar refractivity (Wildman–Crippen MR) is 74.6 cm³/mol. The molecule has 5 nitrogen and oxygen atoms in total. The molecule has 1 amide bonds. The number of rotatable bonds is 3. The fraction of sp³-hybridized carbons (Fsp3) is 0.154. The van der Waals surface area contributed by atoms with Crippen LogP contribution in [0.15, 0.2) is 22.7 Å². The Morgan fingerprint density at radius 2 is 2.10 bits per heavy atom. The van der Waals surface area contributed by atoms with E-state index in [1.807, 2.05) is 6.07 Å². The number of halogens is 2. The minimum absolute atomic E-state index is 0.112. The second kappa shape index (κ2) is 5.95. The molecule has 0 saturated heterocycles. The summed E-state index contributed by atoms with van der Waals surface area (Å²) in [6.45, 7) is 1.49. The summed E-state index contributed by atoms with van der Waals surface area (Å²) in [5.41, 5.74) is 0.901. The Morgan fingerprint density at radius 3 is 2.70 bits per heavy atom. The SMILES string of the molecule is Cc1onc(-c2c(Cl)cccc2Cl)c1C(=O)NCC#N. The van der Waals surface area contributed by atoms with Crippen molar-refractivity contribution < 1.29 is 9.32 Å². The standard InChI is InChI=1S/C13H9Cl2N3O2/c1-7-10(13(19)17-6-5-16)12(18-20-7)11-8(14)3-2-4-9(11)15/h2-4H,6H2,1H3,(H,17,19). The number of benzene rings is 1. The van der Waals surface area contributed by atoms with E-state index in [0.29, 0.717) is 21.4 Å². The molecular formula is C13H9Cl2N3O2. The molecular weight excluding hydrogens is 301 g/mol. The molecule has 2 rings (SSSR count). The number of nitrogens with zero attached hydrogens (tertiary/aromatic N) is 2. The van der Waals surface area contributed by atoms with Crippen LogP contribution >= 0.6 is 23.2 Å². The van der Waals surface area contributed by atoms with E-state index in [1.54, 1.807) is 25.1 Å². The number of nitrogens with one attached hydrogen (secondary N) is 1. The zero-order chi connectivity index (χ0) is 14.7. The van der Waals surface area contributed by atoms with Gasteiger partial charge in [0.1, 0.15) is 23.6 Å². The van der Waals surface area contributed by atoms with Crippen LogP contribution in [0.1, 0.15) is 16.1 Å². The lowest BCUT2D eigenvalue weighted by Crippen LogP contribution is -2.24. The van der Waals surface area contributed by atoms with Gasteiger partial charge in [0.25, 0.3) is 5.91 Å². The van der Waals surface area contributed by atoms with Gasteiger partial charge in [-0.3, -0.25) is 4.79 Å². The van der Waals surface area contributed by atoms with Crippen LogP contribution in [0.2, 0.25) is 10.0 Å². The Kier molecular flexibility index (Phi) is 4.28. The van der Waals surface area contributed by atoms with E-state index in [4.69, 9.17) is 33.0 Å². The summed E-state index contributed by atoms with van der Waals surface area (Å²) in [4.78, 5) is 12.1. The number of hydrogen-bond acceptors (Lipinski definition) is 4. The summed E-state index contributed by atoms with van der Waals surface area (Å²) in [5.74, 6) is -0.136. The van der Waals surface area contributed by atoms with Gasteiger partial charge in [0.05, 0.1) is 16.1 Å². The van der Waals surface area contributed by atoms with Gasteiger partial charge in [0.2, 0.25) is 0 Å². The second-order valence-corrected chi connectivity index (χ2v) is 4.71. The number of amides is 1. The minimum atomic E-state index is -0.462. The Morgan fingerprint density at radius 1 is 1.45 bits per heavy atom. The molecule has 0 aliphatic carbocycles. The first kappa shape index (κ1) is 14.4. The van der Waals surface area contributed by atoms with Gasteiger partial charge in [0, 0.05) is 5.56 Å². The molecule has 0 spiro atoms. The molecule has 0 aliphatic rings. The molecule has 1 aromatic heterocycles. The molecule has 7 heteroatoms. The zero-order valence-electron chi connectivity index (χ0n) is 10.4. The predicted octanol–water partition coefficient (Wildman–Crippen LogP) is 3.21. The number of nitriles is 1. The highest BCUT2D eigenvalue weighted by atomic mass is 35.5. The summed E-state index contributed by atoms with van der Waals surface area (Å²) in [5, 5.41) is 15.5. The maximum Gasteiger partial charge on any atom is 0.257 e. The van der Waals surface area contributed by atoms with Gasteiger partial charge in [-0.1, -0.05) is 34.4 Å². The largest absolute Gasteiger partial charge is 0.360 e. The van der Waals surface area contributed by atoms with Gasteiger partial charge in [0.15, 0.2) is 0 Å². The smallest absolute Gasteiger partial charge is 0.257 e. The third kappa shape index (κ3) is 2.62. The molecule has 2 aromatic rings. The maximum atomic E-state index is 12.1. The quantitative estimate of drug-likeness (QED) is 0.883. The first-order valence-electron chi connectivity index (χ1n) is 5.62. The van der Waals surface area contributed by atoms with Crippen LogP contribution in [-0.4, -0.2) is 17.6 Å². The fourth-order valence-electron chi connectivity index (χ4n) is 1.74. The van der Waals surface area contributed by atoms with E-state index >= 15 is 0 Å². The van der Waals surface area contributed by atoms with Crippen molar-refractivity contribution in [3.05, 3.63) is 39.6 Å². The molecule has 1 aromatic carbocycles. The van der Waals surface area contributed by atoms with Crippen molar-refractivity contribution in [1.29, 1.82) is 5.26 Å². The van der Waals surface area contributed by atoms with Crippen LogP contribution in [0.3, 0.4) is 0 Å². The molecule has 1 heterocycles. The van der Waals surface area contributed by atoms with Crippen molar-refractivity contribution in [2.24, 2.45) is 0 Å². The number of carbonyl (C=O) groups excluding carboxylic acids is 1. The van der Waals surface area contributed by atoms with Crippen LogP contribution in [0, 0.1) is 18.3 Å². The van der Waals surface area contributed by atoms with Gasteiger partial charge < -0.3 is 9.84 Å². The molecule has 0 fully saturated rings. The molecule has 1 N–H and O–H groups in total. The van der Waals surface area contributed by atoms with Crippen molar-refractivity contribution >= 4 is 29.1 Å². The van der Waals surface area contributed by atoms with Crippen molar-refractivity contribution in [2.45, 2.75) is 6.92 Å². The topological polar surface area (TPSA) is 78.9 Å². The highest BCUT2D eigenvalue weighted by molar-refractivity contribution is 6.39. The third-order valence-electron chi connectivity index (χ3n) is 2.62. The third-order valence-corrected chi connectivity index (χ3v) is 3.25. The lowest BCUT2D eigenvalue weighted by atomic mass is 10.1. The minimum Gasteiger partial charge on any atom is -0.360 e. The molecule has 0 aliphatic heterocycles. The fourth-order valence-corrected chi connectivity index (χ4v) is 2.32. The van der Waals surface area contributed by atoms with Crippen molar-refractivity contribution in [3.63, 3.8) is 0 Å². The Bertz CT molecular complexity index is 684. The van der Waals surface area contributed by atoms with Crippen LogP contribution in [0.5, 0.6) is 0 Å².